The fraction of sp³-hybridized carbons (Fsp3) is 0.250. The van der Waals surface area contributed by atoms with Crippen LogP contribution in [0.5, 0.6) is 5.75 Å². The standard InChI is InChI=1S/C16H17NO.ClH/c1-17(2)13-9-12-6-4-5-11-7-8-15(18-3)14(10-13)16(11)12;/h4-8,10H,9H2,1-3H3;1H. The first-order chi connectivity index (χ1) is 8.70. The Labute approximate surface area is 120 Å². The van der Waals surface area contributed by atoms with E-state index in [1.165, 1.54) is 27.6 Å². The lowest BCUT2D eigenvalue weighted by molar-refractivity contribution is 0.414. The molecule has 0 atom stereocenters. The third-order valence-corrected chi connectivity index (χ3v) is 3.61. The fourth-order valence-electron chi connectivity index (χ4n) is 2.63. The van der Waals surface area contributed by atoms with Gasteiger partial charge in [0.15, 0.2) is 0 Å². The third kappa shape index (κ3) is 2.17. The molecule has 100 valence electrons. The van der Waals surface area contributed by atoms with E-state index >= 15 is 0 Å². The minimum atomic E-state index is 0. The van der Waals surface area contributed by atoms with Gasteiger partial charge in [-0.3, -0.25) is 0 Å². The first kappa shape index (κ1) is 13.8. The van der Waals surface area contributed by atoms with Gasteiger partial charge in [-0.25, -0.2) is 0 Å². The molecule has 19 heavy (non-hydrogen) atoms. The Kier molecular flexibility index (Phi) is 3.72. The van der Waals surface area contributed by atoms with Crippen molar-refractivity contribution >= 4 is 29.3 Å². The number of benzene rings is 2. The summed E-state index contributed by atoms with van der Waals surface area (Å²) in [4.78, 5) is 2.17. The van der Waals surface area contributed by atoms with Gasteiger partial charge >= 0.3 is 0 Å². The van der Waals surface area contributed by atoms with Crippen molar-refractivity contribution in [1.29, 1.82) is 0 Å². The molecule has 0 aromatic heterocycles. The van der Waals surface area contributed by atoms with E-state index in [0.717, 1.165) is 12.2 Å². The molecule has 1 aliphatic rings. The maximum atomic E-state index is 5.50. The van der Waals surface area contributed by atoms with Crippen LogP contribution in [0.15, 0.2) is 36.0 Å². The minimum absolute atomic E-state index is 0. The maximum absolute atomic E-state index is 5.50. The minimum Gasteiger partial charge on any atom is -0.496 e. The van der Waals surface area contributed by atoms with E-state index in [4.69, 9.17) is 4.74 Å². The molecule has 2 aromatic carbocycles. The predicted octanol–water partition coefficient (Wildman–Crippen LogP) is 3.73. The Morgan fingerprint density at radius 3 is 2.58 bits per heavy atom. The number of hydrogen-bond donors (Lipinski definition) is 0. The van der Waals surface area contributed by atoms with Crippen LogP contribution in [0.25, 0.3) is 16.8 Å². The summed E-state index contributed by atoms with van der Waals surface area (Å²) < 4.78 is 5.50. The summed E-state index contributed by atoms with van der Waals surface area (Å²) in [5.41, 5.74) is 3.91. The Balaban J connectivity index is 0.00000133. The molecule has 0 spiro atoms. The number of hydrogen-bond acceptors (Lipinski definition) is 2. The SMILES string of the molecule is COc1ccc2cccc3c2c1C=C(N(C)C)C3.Cl. The van der Waals surface area contributed by atoms with Gasteiger partial charge in [-0.05, 0) is 28.5 Å². The number of rotatable bonds is 2. The molecular weight excluding hydrogens is 258 g/mol. The molecule has 0 aliphatic heterocycles. The summed E-state index contributed by atoms with van der Waals surface area (Å²) in [7, 11) is 5.91. The van der Waals surface area contributed by atoms with E-state index in [9.17, 15) is 0 Å². The zero-order chi connectivity index (χ0) is 12.7. The number of nitrogens with zero attached hydrogens (tertiary/aromatic N) is 1. The number of allylic oxidation sites excluding steroid dienone is 1. The zero-order valence-corrected chi connectivity index (χ0v) is 12.3. The van der Waals surface area contributed by atoms with Crippen molar-refractivity contribution in [1.82, 2.24) is 4.90 Å². The van der Waals surface area contributed by atoms with Crippen molar-refractivity contribution in [2.45, 2.75) is 6.42 Å². The highest BCUT2D eigenvalue weighted by atomic mass is 35.5. The summed E-state index contributed by atoms with van der Waals surface area (Å²) in [5.74, 6) is 0.953. The normalized spacial score (nSPS) is 12.7. The Morgan fingerprint density at radius 1 is 1.11 bits per heavy atom. The van der Waals surface area contributed by atoms with Gasteiger partial charge in [0.1, 0.15) is 5.75 Å². The molecule has 1 aliphatic carbocycles. The molecule has 0 fully saturated rings. The van der Waals surface area contributed by atoms with Crippen LogP contribution in [0.4, 0.5) is 0 Å². The zero-order valence-electron chi connectivity index (χ0n) is 11.4. The van der Waals surface area contributed by atoms with E-state index in [1.807, 2.05) is 0 Å². The largest absolute Gasteiger partial charge is 0.496 e. The lowest BCUT2D eigenvalue weighted by Gasteiger charge is -2.24. The highest BCUT2D eigenvalue weighted by Crippen LogP contribution is 2.37. The molecular formula is C16H18ClNO. The molecule has 0 saturated heterocycles. The van der Waals surface area contributed by atoms with E-state index in [-0.39, 0.29) is 12.4 Å². The van der Waals surface area contributed by atoms with Gasteiger partial charge in [0, 0.05) is 31.8 Å². The first-order valence-corrected chi connectivity index (χ1v) is 6.17. The number of ether oxygens (including phenoxy) is 1. The molecule has 0 unspecified atom stereocenters. The highest BCUT2D eigenvalue weighted by Gasteiger charge is 2.17. The van der Waals surface area contributed by atoms with E-state index in [1.54, 1.807) is 7.11 Å². The van der Waals surface area contributed by atoms with Crippen LogP contribution in [0, 0.1) is 0 Å². The molecule has 2 aromatic rings. The van der Waals surface area contributed by atoms with Gasteiger partial charge in [-0.2, -0.15) is 0 Å². The van der Waals surface area contributed by atoms with E-state index in [2.05, 4.69) is 55.4 Å². The van der Waals surface area contributed by atoms with Gasteiger partial charge in [0.05, 0.1) is 7.11 Å². The van der Waals surface area contributed by atoms with Gasteiger partial charge in [-0.15, -0.1) is 12.4 Å². The second-order valence-corrected chi connectivity index (χ2v) is 4.90. The lowest BCUT2D eigenvalue weighted by atomic mass is 9.90. The summed E-state index contributed by atoms with van der Waals surface area (Å²) in [6.07, 6.45) is 3.23. The fourth-order valence-corrected chi connectivity index (χ4v) is 2.63. The first-order valence-electron chi connectivity index (χ1n) is 6.17. The molecule has 3 rings (SSSR count). The summed E-state index contributed by atoms with van der Waals surface area (Å²) in [6.45, 7) is 0. The summed E-state index contributed by atoms with van der Waals surface area (Å²) in [6, 6.07) is 10.7. The summed E-state index contributed by atoms with van der Waals surface area (Å²) in [5, 5.41) is 2.62. The van der Waals surface area contributed by atoms with Crippen molar-refractivity contribution < 1.29 is 4.74 Å². The number of halogens is 1. The smallest absolute Gasteiger partial charge is 0.126 e. The van der Waals surface area contributed by atoms with Gasteiger partial charge < -0.3 is 9.64 Å². The molecule has 0 N–H and O–H groups in total. The lowest BCUT2D eigenvalue weighted by Crippen LogP contribution is -2.15. The molecule has 0 radical (unpaired) electrons. The highest BCUT2D eigenvalue weighted by molar-refractivity contribution is 5.97. The van der Waals surface area contributed by atoms with E-state index in [0.29, 0.717) is 0 Å². The number of methoxy groups -OCH3 is 1. The van der Waals surface area contributed by atoms with Crippen LogP contribution < -0.4 is 4.74 Å². The second kappa shape index (κ2) is 5.14. The molecule has 2 nitrogen and oxygen atoms in total. The van der Waals surface area contributed by atoms with Crippen molar-refractivity contribution in [2.75, 3.05) is 21.2 Å². The average Bonchev–Trinajstić information content (AvgIpc) is 2.39. The predicted molar refractivity (Wildman–Crippen MR) is 83.1 cm³/mol. The Morgan fingerprint density at radius 2 is 1.89 bits per heavy atom. The van der Waals surface area contributed by atoms with Crippen LogP contribution >= 0.6 is 12.4 Å². The molecule has 0 saturated carbocycles. The van der Waals surface area contributed by atoms with Gasteiger partial charge in [-0.1, -0.05) is 24.3 Å². The number of likely N-dealkylation sites (N-methyl/N-ethyl adjacent to an activating group) is 1. The van der Waals surface area contributed by atoms with Crippen molar-refractivity contribution in [2.24, 2.45) is 0 Å². The van der Waals surface area contributed by atoms with Crippen LogP contribution in [0.3, 0.4) is 0 Å². The van der Waals surface area contributed by atoms with Gasteiger partial charge in [0.25, 0.3) is 0 Å². The Hall–Kier alpha value is -1.67. The van der Waals surface area contributed by atoms with Crippen LogP contribution in [-0.2, 0) is 6.42 Å². The average molecular weight is 276 g/mol. The molecule has 0 amide bonds. The van der Waals surface area contributed by atoms with Crippen molar-refractivity contribution in [3.8, 4) is 5.75 Å². The van der Waals surface area contributed by atoms with Crippen molar-refractivity contribution in [3.05, 3.63) is 47.2 Å². The molecule has 3 heteroatoms. The monoisotopic (exact) mass is 275 g/mol. The molecule has 0 heterocycles. The maximum Gasteiger partial charge on any atom is 0.126 e. The van der Waals surface area contributed by atoms with Crippen molar-refractivity contribution in [3.63, 3.8) is 0 Å². The Bertz CT molecular complexity index is 646. The summed E-state index contributed by atoms with van der Waals surface area (Å²) >= 11 is 0. The second-order valence-electron chi connectivity index (χ2n) is 4.90. The van der Waals surface area contributed by atoms with Crippen LogP contribution in [0.2, 0.25) is 0 Å². The quantitative estimate of drug-likeness (QED) is 0.828. The van der Waals surface area contributed by atoms with Crippen LogP contribution in [-0.4, -0.2) is 26.1 Å². The van der Waals surface area contributed by atoms with Gasteiger partial charge in [0.2, 0.25) is 0 Å². The van der Waals surface area contributed by atoms with Crippen LogP contribution in [0.1, 0.15) is 11.1 Å². The topological polar surface area (TPSA) is 12.5 Å². The molecule has 0 bridgehead atoms. The van der Waals surface area contributed by atoms with E-state index < -0.39 is 0 Å². The third-order valence-electron chi connectivity index (χ3n) is 3.61.